The number of aromatic nitrogens is 2. The molecule has 3 aromatic rings. The van der Waals surface area contributed by atoms with Gasteiger partial charge in [-0.2, -0.15) is 0 Å². The van der Waals surface area contributed by atoms with Gasteiger partial charge in [-0.3, -0.25) is 4.79 Å². The zero-order valence-electron chi connectivity index (χ0n) is 15.7. The van der Waals surface area contributed by atoms with Crippen molar-refractivity contribution >= 4 is 17.5 Å². The quantitative estimate of drug-likeness (QED) is 0.592. The molecular weight excluding hydrogens is 378 g/mol. The molecule has 0 unspecified atom stereocenters. The average molecular weight is 400 g/mol. The molecule has 0 aliphatic rings. The summed E-state index contributed by atoms with van der Waals surface area (Å²) in [5.41, 5.74) is 2.08. The van der Waals surface area contributed by atoms with Crippen LogP contribution in [0.2, 0.25) is 5.02 Å². The molecule has 0 spiro atoms. The highest BCUT2D eigenvalue weighted by Gasteiger charge is 2.10. The topological polar surface area (TPSA) is 77.2 Å². The molecule has 3 rings (SSSR count). The highest BCUT2D eigenvalue weighted by atomic mass is 35.5. The van der Waals surface area contributed by atoms with E-state index in [0.717, 1.165) is 23.3 Å². The second-order valence-electron chi connectivity index (χ2n) is 6.30. The molecule has 0 radical (unpaired) electrons. The molecular formula is C21H22ClN3O3. The van der Waals surface area contributed by atoms with Gasteiger partial charge < -0.3 is 14.5 Å². The van der Waals surface area contributed by atoms with E-state index in [-0.39, 0.29) is 5.91 Å². The third-order valence-electron chi connectivity index (χ3n) is 4.28. The number of carbonyl (C=O) groups is 1. The van der Waals surface area contributed by atoms with Crippen LogP contribution in [0.25, 0.3) is 0 Å². The van der Waals surface area contributed by atoms with Gasteiger partial charge in [0.2, 0.25) is 17.7 Å². The lowest BCUT2D eigenvalue weighted by Crippen LogP contribution is -2.23. The zero-order valence-corrected chi connectivity index (χ0v) is 16.4. The van der Waals surface area contributed by atoms with Crippen LogP contribution in [0.1, 0.15) is 29.3 Å². The van der Waals surface area contributed by atoms with E-state index in [1.54, 1.807) is 19.2 Å². The van der Waals surface area contributed by atoms with Crippen LogP contribution in [-0.2, 0) is 30.6 Å². The number of aryl methyl sites for hydroxylation is 3. The highest BCUT2D eigenvalue weighted by Crippen LogP contribution is 2.19. The Bertz CT molecular complexity index is 909. The van der Waals surface area contributed by atoms with Gasteiger partial charge >= 0.3 is 0 Å². The first-order valence-corrected chi connectivity index (χ1v) is 9.46. The molecule has 1 amide bonds. The molecule has 0 fully saturated rings. The largest absolute Gasteiger partial charge is 0.496 e. The van der Waals surface area contributed by atoms with E-state index >= 15 is 0 Å². The van der Waals surface area contributed by atoms with E-state index in [4.69, 9.17) is 20.8 Å². The molecule has 1 heterocycles. The number of nitrogens with zero attached hydrogens (tertiary/aromatic N) is 2. The van der Waals surface area contributed by atoms with E-state index in [0.29, 0.717) is 42.6 Å². The molecule has 7 heteroatoms. The van der Waals surface area contributed by atoms with Gasteiger partial charge in [0.05, 0.1) is 7.11 Å². The number of nitrogens with one attached hydrogen (secondary N) is 1. The van der Waals surface area contributed by atoms with E-state index < -0.39 is 0 Å². The normalized spacial score (nSPS) is 10.6. The summed E-state index contributed by atoms with van der Waals surface area (Å²) >= 11 is 5.85. The van der Waals surface area contributed by atoms with Gasteiger partial charge in [0.25, 0.3) is 0 Å². The van der Waals surface area contributed by atoms with Crippen molar-refractivity contribution in [2.24, 2.45) is 0 Å². The van der Waals surface area contributed by atoms with Gasteiger partial charge in [-0.15, -0.1) is 10.2 Å². The van der Waals surface area contributed by atoms with Crippen LogP contribution in [0.4, 0.5) is 0 Å². The van der Waals surface area contributed by atoms with Crippen LogP contribution in [-0.4, -0.2) is 23.2 Å². The van der Waals surface area contributed by atoms with Gasteiger partial charge in [-0.05, 0) is 35.7 Å². The number of para-hydroxylation sites is 1. The Morgan fingerprint density at radius 3 is 2.50 bits per heavy atom. The van der Waals surface area contributed by atoms with Gasteiger partial charge in [-0.1, -0.05) is 41.9 Å². The Morgan fingerprint density at radius 1 is 1.04 bits per heavy atom. The summed E-state index contributed by atoms with van der Waals surface area (Å²) in [5.74, 6) is 1.81. The predicted octanol–water partition coefficient (Wildman–Crippen LogP) is 3.77. The number of hydrogen-bond donors (Lipinski definition) is 1. The third kappa shape index (κ3) is 5.82. The smallest absolute Gasteiger partial charge is 0.220 e. The van der Waals surface area contributed by atoms with E-state index in [2.05, 4.69) is 15.5 Å². The van der Waals surface area contributed by atoms with Crippen molar-refractivity contribution in [3.8, 4) is 5.75 Å². The average Bonchev–Trinajstić information content (AvgIpc) is 3.18. The number of amides is 1. The van der Waals surface area contributed by atoms with Gasteiger partial charge in [0.1, 0.15) is 5.75 Å². The van der Waals surface area contributed by atoms with E-state index in [1.807, 2.05) is 36.4 Å². The van der Waals surface area contributed by atoms with Crippen molar-refractivity contribution in [1.29, 1.82) is 0 Å². The van der Waals surface area contributed by atoms with Crippen molar-refractivity contribution in [3.05, 3.63) is 76.5 Å². The van der Waals surface area contributed by atoms with Crippen molar-refractivity contribution in [2.75, 3.05) is 7.11 Å². The number of methoxy groups -OCH3 is 1. The van der Waals surface area contributed by atoms with Crippen molar-refractivity contribution < 1.29 is 13.9 Å². The Hall–Kier alpha value is -2.86. The minimum Gasteiger partial charge on any atom is -0.496 e. The van der Waals surface area contributed by atoms with Gasteiger partial charge in [0.15, 0.2) is 0 Å². The molecule has 0 aliphatic heterocycles. The summed E-state index contributed by atoms with van der Waals surface area (Å²) in [6.07, 6.45) is 2.07. The number of ether oxygens (including phenoxy) is 1. The summed E-state index contributed by atoms with van der Waals surface area (Å²) in [6, 6.07) is 15.2. The SMILES string of the molecule is COc1ccccc1CCc1nnc(CCC(=O)NCc2ccc(Cl)cc2)o1. The lowest BCUT2D eigenvalue weighted by atomic mass is 10.1. The maximum Gasteiger partial charge on any atom is 0.220 e. The molecule has 0 atom stereocenters. The number of benzene rings is 2. The number of halogens is 1. The maximum atomic E-state index is 12.0. The number of rotatable bonds is 9. The Kier molecular flexibility index (Phi) is 7.03. The molecule has 146 valence electrons. The third-order valence-corrected chi connectivity index (χ3v) is 4.53. The molecule has 0 saturated carbocycles. The molecule has 28 heavy (non-hydrogen) atoms. The monoisotopic (exact) mass is 399 g/mol. The fourth-order valence-electron chi connectivity index (χ4n) is 2.75. The van der Waals surface area contributed by atoms with Crippen molar-refractivity contribution in [2.45, 2.75) is 32.2 Å². The Labute approximate surface area is 168 Å². The summed E-state index contributed by atoms with van der Waals surface area (Å²) < 4.78 is 11.0. The van der Waals surface area contributed by atoms with Crippen LogP contribution < -0.4 is 10.1 Å². The first-order chi connectivity index (χ1) is 13.6. The summed E-state index contributed by atoms with van der Waals surface area (Å²) in [4.78, 5) is 12.0. The lowest BCUT2D eigenvalue weighted by molar-refractivity contribution is -0.121. The molecule has 0 saturated heterocycles. The van der Waals surface area contributed by atoms with E-state index in [9.17, 15) is 4.79 Å². The van der Waals surface area contributed by atoms with Crippen LogP contribution in [0.15, 0.2) is 52.9 Å². The maximum absolute atomic E-state index is 12.0. The highest BCUT2D eigenvalue weighted by molar-refractivity contribution is 6.30. The molecule has 0 bridgehead atoms. The zero-order chi connectivity index (χ0) is 19.8. The molecule has 1 N–H and O–H groups in total. The number of hydrogen-bond acceptors (Lipinski definition) is 5. The second-order valence-corrected chi connectivity index (χ2v) is 6.74. The van der Waals surface area contributed by atoms with Crippen LogP contribution in [0.3, 0.4) is 0 Å². The van der Waals surface area contributed by atoms with Gasteiger partial charge in [-0.25, -0.2) is 0 Å². The molecule has 2 aromatic carbocycles. The molecule has 0 aliphatic carbocycles. The number of carbonyl (C=O) groups excluding carboxylic acids is 1. The first-order valence-electron chi connectivity index (χ1n) is 9.08. The van der Waals surface area contributed by atoms with Crippen molar-refractivity contribution in [1.82, 2.24) is 15.5 Å². The summed E-state index contributed by atoms with van der Waals surface area (Å²) in [7, 11) is 1.65. The minimum atomic E-state index is -0.0660. The molecule has 1 aromatic heterocycles. The van der Waals surface area contributed by atoms with Crippen LogP contribution in [0, 0.1) is 0 Å². The van der Waals surface area contributed by atoms with Crippen molar-refractivity contribution in [3.63, 3.8) is 0 Å². The van der Waals surface area contributed by atoms with E-state index in [1.165, 1.54) is 0 Å². The molecule has 6 nitrogen and oxygen atoms in total. The fraction of sp³-hybridized carbons (Fsp3) is 0.286. The summed E-state index contributed by atoms with van der Waals surface area (Å²) in [5, 5.41) is 11.6. The predicted molar refractivity (Wildman–Crippen MR) is 106 cm³/mol. The Morgan fingerprint density at radius 2 is 1.75 bits per heavy atom. The first kappa shape index (κ1) is 19.9. The van der Waals surface area contributed by atoms with Gasteiger partial charge in [0, 0.05) is 30.8 Å². The standard InChI is InChI=1S/C21H22ClN3O3/c1-27-18-5-3-2-4-16(18)8-12-20-24-25-21(28-20)13-11-19(26)23-14-15-6-9-17(22)10-7-15/h2-7,9-10H,8,11-14H2,1H3,(H,23,26). The Balaban J connectivity index is 1.42. The van der Waals surface area contributed by atoms with Crippen LogP contribution >= 0.6 is 11.6 Å². The fourth-order valence-corrected chi connectivity index (χ4v) is 2.88. The van der Waals surface area contributed by atoms with Crippen LogP contribution in [0.5, 0.6) is 5.75 Å². The second kappa shape index (κ2) is 9.90. The minimum absolute atomic E-state index is 0.0660. The lowest BCUT2D eigenvalue weighted by Gasteiger charge is -2.06. The summed E-state index contributed by atoms with van der Waals surface area (Å²) in [6.45, 7) is 0.462.